The molecule has 0 unspecified atom stereocenters. The van der Waals surface area contributed by atoms with E-state index in [9.17, 15) is 29.8 Å². The van der Waals surface area contributed by atoms with Gasteiger partial charge in [-0.1, -0.05) is 12.1 Å². The summed E-state index contributed by atoms with van der Waals surface area (Å²) in [5, 5.41) is 24.7. The van der Waals surface area contributed by atoms with E-state index in [0.717, 1.165) is 23.3 Å². The van der Waals surface area contributed by atoms with Crippen LogP contribution in [0.15, 0.2) is 30.3 Å². The van der Waals surface area contributed by atoms with Crippen molar-refractivity contribution < 1.29 is 24.2 Å². The molecule has 0 saturated carbocycles. The molecule has 0 heterocycles. The predicted octanol–water partition coefficient (Wildman–Crippen LogP) is 3.22. The summed E-state index contributed by atoms with van der Waals surface area (Å²) in [6, 6.07) is 7.21. The van der Waals surface area contributed by atoms with E-state index < -0.39 is 39.7 Å². The van der Waals surface area contributed by atoms with E-state index in [2.05, 4.69) is 5.32 Å². The van der Waals surface area contributed by atoms with Crippen LogP contribution in [0.3, 0.4) is 0 Å². The monoisotopic (exact) mass is 387 g/mol. The summed E-state index contributed by atoms with van der Waals surface area (Å²) < 4.78 is 4.85. The van der Waals surface area contributed by atoms with Gasteiger partial charge < -0.3 is 10.1 Å². The second-order valence-corrected chi connectivity index (χ2v) is 6.10. The zero-order valence-electron chi connectivity index (χ0n) is 15.3. The predicted molar refractivity (Wildman–Crippen MR) is 99.3 cm³/mol. The number of carbonyl (C=O) groups excluding carboxylic acids is 2. The van der Waals surface area contributed by atoms with E-state index in [1.54, 1.807) is 13.0 Å². The Morgan fingerprint density at radius 3 is 2.11 bits per heavy atom. The summed E-state index contributed by atoms with van der Waals surface area (Å²) in [6.45, 7) is 4.21. The van der Waals surface area contributed by atoms with Crippen LogP contribution in [-0.4, -0.2) is 28.3 Å². The molecule has 0 atom stereocenters. The molecule has 146 valence electrons. The molecule has 1 amide bonds. The number of nitrogens with one attached hydrogen (secondary N) is 1. The lowest BCUT2D eigenvalue weighted by Crippen LogP contribution is -2.21. The normalized spacial score (nSPS) is 10.2. The number of nitro benzene ring substituents is 2. The Bertz CT molecular complexity index is 950. The molecule has 2 aromatic rings. The van der Waals surface area contributed by atoms with Gasteiger partial charge in [-0.15, -0.1) is 0 Å². The Morgan fingerprint density at radius 2 is 1.57 bits per heavy atom. The first-order valence-corrected chi connectivity index (χ1v) is 8.07. The number of nitro groups is 2. The Hall–Kier alpha value is -3.82. The van der Waals surface area contributed by atoms with Crippen LogP contribution in [0.5, 0.6) is 0 Å². The van der Waals surface area contributed by atoms with Gasteiger partial charge in [0.05, 0.1) is 15.4 Å². The lowest BCUT2D eigenvalue weighted by molar-refractivity contribution is -0.395. The third kappa shape index (κ3) is 4.67. The Morgan fingerprint density at radius 1 is 1.00 bits per heavy atom. The Kier molecular flexibility index (Phi) is 6.04. The average molecular weight is 387 g/mol. The van der Waals surface area contributed by atoms with Crippen molar-refractivity contribution in [2.45, 2.75) is 20.8 Å². The summed E-state index contributed by atoms with van der Waals surface area (Å²) in [6.07, 6.45) is 0. The first kappa shape index (κ1) is 20.5. The number of amides is 1. The van der Waals surface area contributed by atoms with E-state index in [-0.39, 0.29) is 11.1 Å². The van der Waals surface area contributed by atoms with Gasteiger partial charge in [0.2, 0.25) is 0 Å². The zero-order chi connectivity index (χ0) is 21.0. The molecule has 0 radical (unpaired) electrons. The number of nitrogens with zero attached hydrogens (tertiary/aromatic N) is 2. The Balaban J connectivity index is 2.14. The van der Waals surface area contributed by atoms with Gasteiger partial charge in [0.1, 0.15) is 5.56 Å². The van der Waals surface area contributed by atoms with Crippen molar-refractivity contribution in [3.63, 3.8) is 0 Å². The van der Waals surface area contributed by atoms with Crippen molar-refractivity contribution in [1.82, 2.24) is 0 Å². The van der Waals surface area contributed by atoms with Crippen LogP contribution >= 0.6 is 0 Å². The van der Waals surface area contributed by atoms with Crippen LogP contribution < -0.4 is 5.32 Å². The maximum Gasteiger partial charge on any atom is 0.339 e. The van der Waals surface area contributed by atoms with Crippen LogP contribution in [0.1, 0.15) is 27.0 Å². The second kappa shape index (κ2) is 8.25. The molecule has 10 heteroatoms. The quantitative estimate of drug-likeness (QED) is 0.455. The summed E-state index contributed by atoms with van der Waals surface area (Å²) in [4.78, 5) is 44.6. The van der Waals surface area contributed by atoms with E-state index in [0.29, 0.717) is 5.69 Å². The fourth-order valence-corrected chi connectivity index (χ4v) is 2.45. The second-order valence-electron chi connectivity index (χ2n) is 6.10. The molecule has 0 aliphatic rings. The maximum atomic E-state index is 12.1. The van der Waals surface area contributed by atoms with Crippen molar-refractivity contribution in [3.05, 3.63) is 72.8 Å². The molecule has 1 N–H and O–H groups in total. The highest BCUT2D eigenvalue weighted by Crippen LogP contribution is 2.29. The molecule has 0 aromatic heterocycles. The summed E-state index contributed by atoms with van der Waals surface area (Å²) in [5.41, 5.74) is 0.569. The van der Waals surface area contributed by atoms with E-state index in [1.165, 1.54) is 6.92 Å². The van der Waals surface area contributed by atoms with Crippen LogP contribution in [0.2, 0.25) is 0 Å². The highest BCUT2D eigenvalue weighted by molar-refractivity contribution is 5.96. The number of benzene rings is 2. The minimum Gasteiger partial charge on any atom is -0.452 e. The Labute approximate surface area is 159 Å². The van der Waals surface area contributed by atoms with Crippen molar-refractivity contribution in [3.8, 4) is 0 Å². The fourth-order valence-electron chi connectivity index (χ4n) is 2.45. The molecular weight excluding hydrogens is 370 g/mol. The van der Waals surface area contributed by atoms with Crippen molar-refractivity contribution in [2.24, 2.45) is 0 Å². The highest BCUT2D eigenvalue weighted by atomic mass is 16.6. The topological polar surface area (TPSA) is 142 Å². The SMILES string of the molecule is Cc1ccc(C)c(NC(=O)COC(=O)c2cc([N+](=O)[O-])c(C)c([N+](=O)[O-])c2)c1. The molecule has 0 aliphatic heterocycles. The van der Waals surface area contributed by atoms with Crippen molar-refractivity contribution >= 4 is 28.9 Å². The number of esters is 1. The number of hydrogen-bond donors (Lipinski definition) is 1. The summed E-state index contributed by atoms with van der Waals surface area (Å²) in [5.74, 6) is -1.69. The third-order valence-electron chi connectivity index (χ3n) is 3.98. The van der Waals surface area contributed by atoms with Crippen LogP contribution in [0, 0.1) is 41.0 Å². The van der Waals surface area contributed by atoms with Crippen LogP contribution in [0.4, 0.5) is 17.1 Å². The number of carbonyl (C=O) groups is 2. The van der Waals surface area contributed by atoms with Gasteiger partial charge in [0, 0.05) is 17.8 Å². The first-order valence-electron chi connectivity index (χ1n) is 8.07. The van der Waals surface area contributed by atoms with Gasteiger partial charge in [-0.2, -0.15) is 0 Å². The average Bonchev–Trinajstić information content (AvgIpc) is 2.62. The smallest absolute Gasteiger partial charge is 0.339 e. The molecule has 28 heavy (non-hydrogen) atoms. The molecule has 0 aliphatic carbocycles. The number of rotatable bonds is 6. The molecule has 2 aromatic carbocycles. The first-order chi connectivity index (χ1) is 13.1. The van der Waals surface area contributed by atoms with Gasteiger partial charge in [0.25, 0.3) is 17.3 Å². The molecule has 10 nitrogen and oxygen atoms in total. The van der Waals surface area contributed by atoms with Crippen LogP contribution in [0.25, 0.3) is 0 Å². The number of hydrogen-bond acceptors (Lipinski definition) is 7. The van der Waals surface area contributed by atoms with Crippen molar-refractivity contribution in [2.75, 3.05) is 11.9 Å². The van der Waals surface area contributed by atoms with Crippen molar-refractivity contribution in [1.29, 1.82) is 0 Å². The minimum atomic E-state index is -1.08. The molecule has 0 fully saturated rings. The van der Waals surface area contributed by atoms with Gasteiger partial charge in [-0.05, 0) is 38.0 Å². The summed E-state index contributed by atoms with van der Waals surface area (Å²) in [7, 11) is 0. The van der Waals surface area contributed by atoms with Gasteiger partial charge in [0.15, 0.2) is 6.61 Å². The van der Waals surface area contributed by atoms with Gasteiger partial charge in [-0.3, -0.25) is 25.0 Å². The minimum absolute atomic E-state index is 0.181. The molecule has 0 saturated heterocycles. The van der Waals surface area contributed by atoms with Gasteiger partial charge >= 0.3 is 5.97 Å². The lowest BCUT2D eigenvalue weighted by atomic mass is 10.1. The van der Waals surface area contributed by atoms with E-state index >= 15 is 0 Å². The van der Waals surface area contributed by atoms with E-state index in [4.69, 9.17) is 4.74 Å². The molecule has 2 rings (SSSR count). The highest BCUT2D eigenvalue weighted by Gasteiger charge is 2.26. The number of aryl methyl sites for hydroxylation is 2. The molecule has 0 bridgehead atoms. The lowest BCUT2D eigenvalue weighted by Gasteiger charge is -2.10. The summed E-state index contributed by atoms with van der Waals surface area (Å²) >= 11 is 0. The zero-order valence-corrected chi connectivity index (χ0v) is 15.3. The molecule has 0 spiro atoms. The van der Waals surface area contributed by atoms with E-state index in [1.807, 2.05) is 19.1 Å². The molecular formula is C18H17N3O7. The fraction of sp³-hybridized carbons (Fsp3) is 0.222. The van der Waals surface area contributed by atoms with Crippen LogP contribution in [-0.2, 0) is 9.53 Å². The maximum absolute atomic E-state index is 12.1. The standard InChI is InChI=1S/C18H17N3O7/c1-10-4-5-11(2)14(6-10)19-17(22)9-28-18(23)13-7-15(20(24)25)12(3)16(8-13)21(26)27/h4-8H,9H2,1-3H3,(H,19,22). The third-order valence-corrected chi connectivity index (χ3v) is 3.98. The largest absolute Gasteiger partial charge is 0.452 e. The number of anilines is 1. The van der Waals surface area contributed by atoms with Gasteiger partial charge in [-0.25, -0.2) is 4.79 Å². The number of ether oxygens (including phenoxy) is 1.